The lowest BCUT2D eigenvalue weighted by Gasteiger charge is -2.31. The molecule has 1 aliphatic rings. The fourth-order valence-corrected chi connectivity index (χ4v) is 2.68. The molecule has 0 radical (unpaired) electrons. The Morgan fingerprint density at radius 1 is 1.56 bits per heavy atom. The summed E-state index contributed by atoms with van der Waals surface area (Å²) in [7, 11) is 0. The predicted octanol–water partition coefficient (Wildman–Crippen LogP) is 2.33. The highest BCUT2D eigenvalue weighted by Crippen LogP contribution is 2.28. The van der Waals surface area contributed by atoms with Crippen molar-refractivity contribution in [3.63, 3.8) is 0 Å². The van der Waals surface area contributed by atoms with Crippen LogP contribution in [0.3, 0.4) is 0 Å². The summed E-state index contributed by atoms with van der Waals surface area (Å²) in [5.41, 5.74) is 0.693. The number of anilines is 1. The Bertz CT molecular complexity index is 582. The van der Waals surface area contributed by atoms with Gasteiger partial charge in [-0.25, -0.2) is 4.98 Å². The van der Waals surface area contributed by atoms with Crippen LogP contribution in [0.5, 0.6) is 0 Å². The number of hydrogen-bond acceptors (Lipinski definition) is 4. The van der Waals surface area contributed by atoms with Crippen LogP contribution in [0.15, 0.2) is 16.7 Å². The summed E-state index contributed by atoms with van der Waals surface area (Å²) in [6, 6.07) is 1.75. The Morgan fingerprint density at radius 2 is 2.33 bits per heavy atom. The first-order chi connectivity index (χ1) is 8.63. The topological polar surface area (TPSA) is 62.5 Å². The molecular weight excluding hydrogens is 320 g/mol. The maximum atomic E-state index is 9.25. The van der Waals surface area contributed by atoms with Crippen molar-refractivity contribution in [3.05, 3.63) is 21.9 Å². The lowest BCUT2D eigenvalue weighted by atomic mass is 9.82. The molecule has 0 saturated heterocycles. The van der Waals surface area contributed by atoms with Gasteiger partial charge >= 0.3 is 0 Å². The van der Waals surface area contributed by atoms with Crippen molar-refractivity contribution < 1.29 is 5.11 Å². The molecule has 0 aromatic carbocycles. The fourth-order valence-electron chi connectivity index (χ4n) is 2.15. The zero-order valence-corrected chi connectivity index (χ0v) is 11.8. The second kappa shape index (κ2) is 4.68. The van der Waals surface area contributed by atoms with Gasteiger partial charge in [-0.3, -0.25) is 0 Å². The molecule has 2 N–H and O–H groups in total. The number of aromatic nitrogens is 3. The Kier molecular flexibility index (Phi) is 3.17. The van der Waals surface area contributed by atoms with Crippen LogP contribution in [0.4, 0.5) is 5.82 Å². The second-order valence-electron chi connectivity index (χ2n) is 4.56. The summed E-state index contributed by atoms with van der Waals surface area (Å²) in [5.74, 6) is 1.33. The molecule has 1 fully saturated rings. The van der Waals surface area contributed by atoms with E-state index < -0.39 is 0 Å². The number of hydrogen-bond donors (Lipinski definition) is 2. The molecule has 0 aliphatic heterocycles. The summed E-state index contributed by atoms with van der Waals surface area (Å²) in [6.45, 7) is 0.810. The van der Waals surface area contributed by atoms with Crippen LogP contribution in [0.25, 0.3) is 5.65 Å². The molecule has 0 unspecified atom stereocenters. The van der Waals surface area contributed by atoms with E-state index in [1.54, 1.807) is 16.8 Å². The summed E-state index contributed by atoms with van der Waals surface area (Å²) >= 11 is 9.37. The summed E-state index contributed by atoms with van der Waals surface area (Å²) in [4.78, 5) is 4.21. The minimum atomic E-state index is -0.128. The molecule has 2 heterocycles. The lowest BCUT2D eigenvalue weighted by molar-refractivity contribution is 0.0486. The average Bonchev–Trinajstić information content (AvgIpc) is 2.65. The van der Waals surface area contributed by atoms with E-state index in [-0.39, 0.29) is 6.10 Å². The molecule has 1 aliphatic carbocycles. The van der Waals surface area contributed by atoms with Crippen molar-refractivity contribution >= 4 is 39.0 Å². The van der Waals surface area contributed by atoms with Gasteiger partial charge in [-0.2, -0.15) is 9.61 Å². The third-order valence-corrected chi connectivity index (χ3v) is 3.93. The van der Waals surface area contributed by atoms with Crippen LogP contribution in [0, 0.1) is 5.92 Å². The number of halogens is 2. The smallest absolute Gasteiger partial charge is 0.173 e. The van der Waals surface area contributed by atoms with Gasteiger partial charge in [0.05, 0.1) is 16.8 Å². The van der Waals surface area contributed by atoms with Crippen molar-refractivity contribution in [3.8, 4) is 0 Å². The molecule has 7 heteroatoms. The first-order valence-electron chi connectivity index (χ1n) is 5.75. The highest BCUT2D eigenvalue weighted by Gasteiger charge is 2.26. The molecule has 1 saturated carbocycles. The largest absolute Gasteiger partial charge is 0.393 e. The van der Waals surface area contributed by atoms with Gasteiger partial charge in [-0.05, 0) is 34.7 Å². The van der Waals surface area contributed by atoms with E-state index >= 15 is 0 Å². The third-order valence-electron chi connectivity index (χ3n) is 3.18. The molecule has 96 valence electrons. The van der Waals surface area contributed by atoms with Crippen LogP contribution >= 0.6 is 27.5 Å². The number of nitrogens with one attached hydrogen (secondary N) is 1. The van der Waals surface area contributed by atoms with Crippen LogP contribution in [-0.4, -0.2) is 32.4 Å². The number of fused-ring (bicyclic) bond motifs is 1. The van der Waals surface area contributed by atoms with Gasteiger partial charge in [-0.1, -0.05) is 11.6 Å². The first kappa shape index (κ1) is 12.2. The fraction of sp³-hybridized carbons (Fsp3) is 0.455. The molecule has 0 atom stereocenters. The van der Waals surface area contributed by atoms with Crippen LogP contribution < -0.4 is 5.32 Å². The quantitative estimate of drug-likeness (QED) is 0.847. The van der Waals surface area contributed by atoms with Crippen LogP contribution in [0.2, 0.25) is 5.15 Å². The predicted molar refractivity (Wildman–Crippen MR) is 72.9 cm³/mol. The van der Waals surface area contributed by atoms with Gasteiger partial charge in [0.2, 0.25) is 0 Å². The highest BCUT2D eigenvalue weighted by molar-refractivity contribution is 9.10. The minimum absolute atomic E-state index is 0.128. The molecule has 18 heavy (non-hydrogen) atoms. The van der Waals surface area contributed by atoms with Crippen molar-refractivity contribution in [1.29, 1.82) is 0 Å². The second-order valence-corrected chi connectivity index (χ2v) is 5.81. The van der Waals surface area contributed by atoms with Gasteiger partial charge in [0.15, 0.2) is 5.65 Å². The lowest BCUT2D eigenvalue weighted by Crippen LogP contribution is -2.33. The van der Waals surface area contributed by atoms with Gasteiger partial charge in [-0.15, -0.1) is 0 Å². The van der Waals surface area contributed by atoms with Crippen molar-refractivity contribution in [2.45, 2.75) is 18.9 Å². The van der Waals surface area contributed by atoms with Gasteiger partial charge in [0.25, 0.3) is 0 Å². The highest BCUT2D eigenvalue weighted by atomic mass is 79.9. The molecule has 2 aromatic rings. The molecule has 5 nitrogen and oxygen atoms in total. The number of nitrogens with zero attached hydrogens (tertiary/aromatic N) is 3. The van der Waals surface area contributed by atoms with Gasteiger partial charge in [0.1, 0.15) is 11.0 Å². The van der Waals surface area contributed by atoms with E-state index in [1.165, 1.54) is 0 Å². The molecule has 0 spiro atoms. The van der Waals surface area contributed by atoms with Crippen molar-refractivity contribution in [2.24, 2.45) is 5.92 Å². The van der Waals surface area contributed by atoms with E-state index in [4.69, 9.17) is 11.6 Å². The van der Waals surface area contributed by atoms with Crippen LogP contribution in [0.1, 0.15) is 12.8 Å². The standard InChI is InChI=1S/C11H12BrClN4O/c12-8-5-15-17-10(3-9(13)16-11(8)17)14-4-6-1-7(18)2-6/h3,5-7,14,18H,1-2,4H2. The Morgan fingerprint density at radius 3 is 3.06 bits per heavy atom. The third kappa shape index (κ3) is 2.20. The number of aliphatic hydroxyl groups excluding tert-OH is 1. The van der Waals surface area contributed by atoms with Crippen molar-refractivity contribution in [2.75, 3.05) is 11.9 Å². The van der Waals surface area contributed by atoms with E-state index in [0.717, 1.165) is 29.7 Å². The molecule has 2 aromatic heterocycles. The minimum Gasteiger partial charge on any atom is -0.393 e. The average molecular weight is 332 g/mol. The zero-order valence-electron chi connectivity index (χ0n) is 9.48. The zero-order chi connectivity index (χ0) is 12.7. The maximum Gasteiger partial charge on any atom is 0.173 e. The van der Waals surface area contributed by atoms with E-state index in [1.807, 2.05) is 0 Å². The first-order valence-corrected chi connectivity index (χ1v) is 6.92. The van der Waals surface area contributed by atoms with Gasteiger partial charge < -0.3 is 10.4 Å². The normalized spacial score (nSPS) is 23.1. The molecule has 0 bridgehead atoms. The summed E-state index contributed by atoms with van der Waals surface area (Å²) in [6.07, 6.45) is 3.28. The maximum absolute atomic E-state index is 9.25. The molecule has 0 amide bonds. The van der Waals surface area contributed by atoms with E-state index in [0.29, 0.717) is 16.7 Å². The van der Waals surface area contributed by atoms with Gasteiger partial charge in [0, 0.05) is 12.6 Å². The number of rotatable bonds is 3. The summed E-state index contributed by atoms with van der Waals surface area (Å²) in [5, 5.41) is 17.2. The number of aliphatic hydroxyl groups is 1. The monoisotopic (exact) mass is 330 g/mol. The Labute approximate surface area is 117 Å². The van der Waals surface area contributed by atoms with Crippen LogP contribution in [-0.2, 0) is 0 Å². The van der Waals surface area contributed by atoms with Crippen molar-refractivity contribution in [1.82, 2.24) is 14.6 Å². The SMILES string of the molecule is OC1CC(CNc2cc(Cl)nc3c(Br)cnn23)C1. The molecular formula is C11H12BrClN4O. The van der Waals surface area contributed by atoms with E-state index in [9.17, 15) is 5.11 Å². The Balaban J connectivity index is 1.82. The molecule has 3 rings (SSSR count). The summed E-state index contributed by atoms with van der Waals surface area (Å²) < 4.78 is 2.53. The van der Waals surface area contributed by atoms with E-state index in [2.05, 4.69) is 31.3 Å². The Hall–Kier alpha value is -0.850.